The zero-order valence-electron chi connectivity index (χ0n) is 12.0. The highest BCUT2D eigenvalue weighted by Gasteiger charge is 2.08. The van der Waals surface area contributed by atoms with Crippen molar-refractivity contribution in [2.75, 3.05) is 5.32 Å². The number of hydrogen-bond acceptors (Lipinski definition) is 6. The van der Waals surface area contributed by atoms with Crippen molar-refractivity contribution in [3.63, 3.8) is 0 Å². The molecule has 0 saturated heterocycles. The van der Waals surface area contributed by atoms with Crippen molar-refractivity contribution in [2.45, 2.75) is 0 Å². The Labute approximate surface area is 131 Å². The molecule has 0 bridgehead atoms. The van der Waals surface area contributed by atoms with Gasteiger partial charge in [-0.1, -0.05) is 6.07 Å². The van der Waals surface area contributed by atoms with Gasteiger partial charge < -0.3 is 9.73 Å². The Hall–Kier alpha value is -3.48. The smallest absolute Gasteiger partial charge is 0.154 e. The van der Waals surface area contributed by atoms with Crippen molar-refractivity contribution in [2.24, 2.45) is 0 Å². The molecule has 0 aromatic carbocycles. The van der Waals surface area contributed by atoms with Crippen LogP contribution in [0.3, 0.4) is 0 Å². The third kappa shape index (κ3) is 2.80. The maximum absolute atomic E-state index is 5.32. The van der Waals surface area contributed by atoms with Crippen molar-refractivity contribution in [1.29, 1.82) is 0 Å². The highest BCUT2D eigenvalue weighted by atomic mass is 16.3. The molecule has 0 aliphatic rings. The minimum absolute atomic E-state index is 0.589. The molecule has 2 N–H and O–H groups in total. The summed E-state index contributed by atoms with van der Waals surface area (Å²) in [5, 5.41) is 10.2. The van der Waals surface area contributed by atoms with Crippen LogP contribution in [0.5, 0.6) is 0 Å². The topological polar surface area (TPSA) is 92.5 Å². The first kappa shape index (κ1) is 13.2. The second-order valence-electron chi connectivity index (χ2n) is 4.77. The van der Waals surface area contributed by atoms with Gasteiger partial charge in [0.25, 0.3) is 0 Å². The van der Waals surface area contributed by atoms with Gasteiger partial charge >= 0.3 is 0 Å². The van der Waals surface area contributed by atoms with Crippen LogP contribution in [0.2, 0.25) is 0 Å². The Balaban J connectivity index is 1.58. The van der Waals surface area contributed by atoms with Gasteiger partial charge in [-0.2, -0.15) is 5.10 Å². The summed E-state index contributed by atoms with van der Waals surface area (Å²) in [7, 11) is 0. The zero-order chi connectivity index (χ0) is 15.5. The molecule has 4 aromatic rings. The van der Waals surface area contributed by atoms with Crippen molar-refractivity contribution in [3.8, 4) is 22.8 Å². The molecule has 0 unspecified atom stereocenters. The second-order valence-corrected chi connectivity index (χ2v) is 4.77. The van der Waals surface area contributed by atoms with E-state index in [1.165, 1.54) is 0 Å². The van der Waals surface area contributed by atoms with Gasteiger partial charge in [0.1, 0.15) is 11.4 Å². The van der Waals surface area contributed by atoms with E-state index >= 15 is 0 Å². The molecule has 0 saturated carbocycles. The number of pyridine rings is 1. The monoisotopic (exact) mass is 304 g/mol. The first-order chi connectivity index (χ1) is 11.4. The quantitative estimate of drug-likeness (QED) is 0.601. The molecule has 7 nitrogen and oxygen atoms in total. The minimum Gasteiger partial charge on any atom is -0.463 e. The largest absolute Gasteiger partial charge is 0.463 e. The summed E-state index contributed by atoms with van der Waals surface area (Å²) in [5.74, 6) is 1.94. The van der Waals surface area contributed by atoms with Crippen LogP contribution in [-0.4, -0.2) is 25.1 Å². The van der Waals surface area contributed by atoms with Gasteiger partial charge in [-0.15, -0.1) is 0 Å². The maximum atomic E-state index is 5.32. The molecule has 23 heavy (non-hydrogen) atoms. The molecule has 0 fully saturated rings. The van der Waals surface area contributed by atoms with Crippen LogP contribution in [0.1, 0.15) is 0 Å². The van der Waals surface area contributed by atoms with E-state index in [1.807, 2.05) is 36.4 Å². The molecule has 112 valence electrons. The third-order valence-electron chi connectivity index (χ3n) is 3.18. The lowest BCUT2D eigenvalue weighted by atomic mass is 10.3. The van der Waals surface area contributed by atoms with Gasteiger partial charge in [0.05, 0.1) is 24.4 Å². The SMILES string of the molecule is c1ccc(-c2cncc(Nc3cc(-c4ccco4)[nH]n3)n2)nc1. The summed E-state index contributed by atoms with van der Waals surface area (Å²) in [6.45, 7) is 0. The van der Waals surface area contributed by atoms with E-state index in [-0.39, 0.29) is 0 Å². The van der Waals surface area contributed by atoms with E-state index < -0.39 is 0 Å². The lowest BCUT2D eigenvalue weighted by Crippen LogP contribution is -1.97. The normalized spacial score (nSPS) is 10.6. The summed E-state index contributed by atoms with van der Waals surface area (Å²) >= 11 is 0. The van der Waals surface area contributed by atoms with Crippen LogP contribution >= 0.6 is 0 Å². The first-order valence-electron chi connectivity index (χ1n) is 6.98. The third-order valence-corrected chi connectivity index (χ3v) is 3.18. The van der Waals surface area contributed by atoms with Crippen molar-refractivity contribution < 1.29 is 4.42 Å². The fraction of sp³-hybridized carbons (Fsp3) is 0. The van der Waals surface area contributed by atoms with E-state index in [9.17, 15) is 0 Å². The lowest BCUT2D eigenvalue weighted by molar-refractivity contribution is 0.580. The first-order valence-corrected chi connectivity index (χ1v) is 6.98. The summed E-state index contributed by atoms with van der Waals surface area (Å²) in [6, 6.07) is 11.2. The average Bonchev–Trinajstić information content (AvgIpc) is 3.27. The summed E-state index contributed by atoms with van der Waals surface area (Å²) in [6.07, 6.45) is 6.64. The molecule has 0 atom stereocenters. The zero-order valence-corrected chi connectivity index (χ0v) is 12.0. The highest BCUT2D eigenvalue weighted by Crippen LogP contribution is 2.22. The predicted molar refractivity (Wildman–Crippen MR) is 84.8 cm³/mol. The van der Waals surface area contributed by atoms with E-state index in [0.717, 1.165) is 17.1 Å². The highest BCUT2D eigenvalue weighted by molar-refractivity contribution is 5.62. The minimum atomic E-state index is 0.589. The average molecular weight is 304 g/mol. The van der Waals surface area contributed by atoms with Gasteiger partial charge in [-0.25, -0.2) is 4.98 Å². The molecule has 0 aliphatic carbocycles. The van der Waals surface area contributed by atoms with Crippen LogP contribution in [0.4, 0.5) is 11.6 Å². The van der Waals surface area contributed by atoms with Crippen molar-refractivity contribution in [1.82, 2.24) is 25.1 Å². The summed E-state index contributed by atoms with van der Waals surface area (Å²) in [4.78, 5) is 13.0. The molecular weight excluding hydrogens is 292 g/mol. The second kappa shape index (κ2) is 5.72. The molecule has 4 rings (SSSR count). The van der Waals surface area contributed by atoms with Gasteiger partial charge in [0.15, 0.2) is 17.4 Å². The van der Waals surface area contributed by atoms with Crippen LogP contribution in [-0.2, 0) is 0 Å². The standard InChI is InChI=1S/C16H12N6O/c1-2-6-18-11(4-1)13-9-17-10-16(19-13)20-15-8-12(21-22-15)14-5-3-7-23-14/h1-10H,(H2,19,20,21,22). The van der Waals surface area contributed by atoms with E-state index in [2.05, 4.69) is 30.5 Å². The molecular formula is C16H12N6O. The number of anilines is 2. The fourth-order valence-electron chi connectivity index (χ4n) is 2.14. The Morgan fingerprint density at radius 3 is 2.83 bits per heavy atom. The summed E-state index contributed by atoms with van der Waals surface area (Å²) in [5.41, 5.74) is 2.24. The van der Waals surface area contributed by atoms with Crippen LogP contribution in [0.25, 0.3) is 22.8 Å². The number of nitrogens with zero attached hydrogens (tertiary/aromatic N) is 4. The van der Waals surface area contributed by atoms with Crippen molar-refractivity contribution >= 4 is 11.6 Å². The Kier molecular flexibility index (Phi) is 3.28. The number of aromatic amines is 1. The molecule has 0 spiro atoms. The fourth-order valence-corrected chi connectivity index (χ4v) is 2.14. The Morgan fingerprint density at radius 1 is 1.00 bits per heavy atom. The number of rotatable bonds is 4. The van der Waals surface area contributed by atoms with E-state index in [4.69, 9.17) is 4.42 Å². The van der Waals surface area contributed by atoms with Gasteiger partial charge in [-0.05, 0) is 24.3 Å². The Morgan fingerprint density at radius 2 is 2.00 bits per heavy atom. The number of H-pyrrole nitrogens is 1. The Bertz CT molecular complexity index is 901. The van der Waals surface area contributed by atoms with Gasteiger partial charge in [-0.3, -0.25) is 15.1 Å². The van der Waals surface area contributed by atoms with Crippen LogP contribution in [0, 0.1) is 0 Å². The molecule has 4 heterocycles. The number of hydrogen-bond donors (Lipinski definition) is 2. The molecule has 0 amide bonds. The van der Waals surface area contributed by atoms with E-state index in [0.29, 0.717) is 17.3 Å². The number of furan rings is 1. The van der Waals surface area contributed by atoms with Gasteiger partial charge in [0, 0.05) is 12.3 Å². The number of aromatic nitrogens is 5. The van der Waals surface area contributed by atoms with Gasteiger partial charge in [0.2, 0.25) is 0 Å². The van der Waals surface area contributed by atoms with Crippen LogP contribution in [0.15, 0.2) is 65.7 Å². The summed E-state index contributed by atoms with van der Waals surface area (Å²) < 4.78 is 5.32. The molecule has 4 aromatic heterocycles. The van der Waals surface area contributed by atoms with E-state index in [1.54, 1.807) is 24.9 Å². The predicted octanol–water partition coefficient (Wildman–Crippen LogP) is 3.27. The molecule has 0 aliphatic heterocycles. The van der Waals surface area contributed by atoms with Crippen molar-refractivity contribution in [3.05, 3.63) is 61.3 Å². The van der Waals surface area contributed by atoms with Crippen LogP contribution < -0.4 is 5.32 Å². The molecule has 0 radical (unpaired) electrons. The maximum Gasteiger partial charge on any atom is 0.154 e. The molecule has 7 heteroatoms. The number of nitrogens with one attached hydrogen (secondary N) is 2. The lowest BCUT2D eigenvalue weighted by Gasteiger charge is -2.03.